The third-order valence-corrected chi connectivity index (χ3v) is 5.53. The van der Waals surface area contributed by atoms with Gasteiger partial charge < -0.3 is 10.2 Å². The molecule has 1 aromatic heterocycles. The first-order valence-electron chi connectivity index (χ1n) is 8.30. The Morgan fingerprint density at radius 1 is 1.10 bits per heavy atom. The molecule has 1 aromatic rings. The lowest BCUT2D eigenvalue weighted by molar-refractivity contribution is 0.158. The molecule has 0 radical (unpaired) electrons. The molecule has 4 heteroatoms. The zero-order chi connectivity index (χ0) is 15.0. The predicted molar refractivity (Wildman–Crippen MR) is 85.7 cm³/mol. The lowest BCUT2D eigenvalue weighted by atomic mass is 9.90. The van der Waals surface area contributed by atoms with Gasteiger partial charge in [-0.1, -0.05) is 0 Å². The van der Waals surface area contributed by atoms with Crippen molar-refractivity contribution in [2.45, 2.75) is 64.0 Å². The molecule has 21 heavy (non-hydrogen) atoms. The molecule has 2 bridgehead atoms. The highest BCUT2D eigenvalue weighted by molar-refractivity contribution is 5.26. The van der Waals surface area contributed by atoms with Gasteiger partial charge in [-0.2, -0.15) is 0 Å². The van der Waals surface area contributed by atoms with Crippen LogP contribution in [0.3, 0.4) is 0 Å². The summed E-state index contributed by atoms with van der Waals surface area (Å²) in [5.41, 5.74) is 3.68. The van der Waals surface area contributed by atoms with Crippen molar-refractivity contribution in [1.29, 1.82) is 0 Å². The molecular weight excluding hydrogens is 260 g/mol. The summed E-state index contributed by atoms with van der Waals surface area (Å²) in [6.45, 7) is 5.28. The highest BCUT2D eigenvalue weighted by atomic mass is 15.2. The molecule has 0 aliphatic carbocycles. The molecule has 4 nitrogen and oxygen atoms in total. The van der Waals surface area contributed by atoms with Crippen LogP contribution in [0.25, 0.3) is 0 Å². The van der Waals surface area contributed by atoms with Crippen LogP contribution in [0.4, 0.5) is 0 Å². The van der Waals surface area contributed by atoms with Crippen LogP contribution in [0.15, 0.2) is 0 Å². The van der Waals surface area contributed by atoms with Crippen LogP contribution < -0.4 is 5.32 Å². The maximum Gasteiger partial charge on any atom is 0.132 e. The maximum atomic E-state index is 4.87. The Labute approximate surface area is 128 Å². The SMILES string of the molecule is CNCCc1c(C)nc(C2CC3CCC(C2)N3C)nc1C. The molecule has 0 amide bonds. The number of likely N-dealkylation sites (N-methyl/N-ethyl adjacent to an activating group) is 1. The van der Waals surface area contributed by atoms with Gasteiger partial charge in [0.25, 0.3) is 0 Å². The van der Waals surface area contributed by atoms with Crippen molar-refractivity contribution in [2.75, 3.05) is 20.6 Å². The summed E-state index contributed by atoms with van der Waals surface area (Å²) < 4.78 is 0. The third kappa shape index (κ3) is 2.84. The second-order valence-corrected chi connectivity index (χ2v) is 6.80. The zero-order valence-corrected chi connectivity index (χ0v) is 13.8. The fourth-order valence-corrected chi connectivity index (χ4v) is 4.18. The minimum Gasteiger partial charge on any atom is -0.319 e. The number of rotatable bonds is 4. The second kappa shape index (κ2) is 6.01. The van der Waals surface area contributed by atoms with E-state index in [4.69, 9.17) is 9.97 Å². The van der Waals surface area contributed by atoms with Crippen molar-refractivity contribution < 1.29 is 0 Å². The number of hydrogen-bond donors (Lipinski definition) is 1. The summed E-state index contributed by atoms with van der Waals surface area (Å²) in [6, 6.07) is 1.50. The van der Waals surface area contributed by atoms with Gasteiger partial charge in [-0.15, -0.1) is 0 Å². The van der Waals surface area contributed by atoms with Crippen molar-refractivity contribution in [3.8, 4) is 0 Å². The average Bonchev–Trinajstić information content (AvgIpc) is 2.68. The van der Waals surface area contributed by atoms with Crippen LogP contribution in [0.2, 0.25) is 0 Å². The number of nitrogens with zero attached hydrogens (tertiary/aromatic N) is 3. The van der Waals surface area contributed by atoms with Gasteiger partial charge in [-0.3, -0.25) is 0 Å². The van der Waals surface area contributed by atoms with Gasteiger partial charge in [-0.05, 0) is 72.2 Å². The number of fused-ring (bicyclic) bond motifs is 2. The fourth-order valence-electron chi connectivity index (χ4n) is 4.18. The first-order valence-corrected chi connectivity index (χ1v) is 8.30. The molecule has 2 saturated heterocycles. The molecule has 0 saturated carbocycles. The van der Waals surface area contributed by atoms with Crippen LogP contribution in [-0.2, 0) is 6.42 Å². The Kier molecular flexibility index (Phi) is 4.27. The standard InChI is InChI=1S/C17H28N4/c1-11-16(7-8-18-3)12(2)20-17(19-11)13-9-14-5-6-15(10-13)21(14)4/h13-15,18H,5-10H2,1-4H3. The van der Waals surface area contributed by atoms with Crippen molar-refractivity contribution in [3.63, 3.8) is 0 Å². The van der Waals surface area contributed by atoms with E-state index in [0.717, 1.165) is 30.9 Å². The van der Waals surface area contributed by atoms with Crippen LogP contribution >= 0.6 is 0 Å². The smallest absolute Gasteiger partial charge is 0.132 e. The minimum atomic E-state index is 0.564. The molecule has 2 atom stereocenters. The summed E-state index contributed by atoms with van der Waals surface area (Å²) in [7, 11) is 4.28. The lowest BCUT2D eigenvalue weighted by Gasteiger charge is -2.35. The van der Waals surface area contributed by atoms with Gasteiger partial charge in [0.2, 0.25) is 0 Å². The molecule has 1 N–H and O–H groups in total. The van der Waals surface area contributed by atoms with Crippen LogP contribution in [0.5, 0.6) is 0 Å². The van der Waals surface area contributed by atoms with E-state index in [1.165, 1.54) is 42.6 Å². The molecule has 3 rings (SSSR count). The molecule has 2 aliphatic rings. The summed E-state index contributed by atoms with van der Waals surface area (Å²) in [4.78, 5) is 12.3. The van der Waals surface area contributed by atoms with Gasteiger partial charge in [0.1, 0.15) is 5.82 Å². The highest BCUT2D eigenvalue weighted by Crippen LogP contribution is 2.41. The maximum absolute atomic E-state index is 4.87. The average molecular weight is 288 g/mol. The number of nitrogens with one attached hydrogen (secondary N) is 1. The highest BCUT2D eigenvalue weighted by Gasteiger charge is 2.39. The van der Waals surface area contributed by atoms with Crippen LogP contribution in [0.1, 0.15) is 54.4 Å². The Bertz CT molecular complexity index is 477. The number of piperidine rings is 1. The van der Waals surface area contributed by atoms with E-state index in [9.17, 15) is 0 Å². The second-order valence-electron chi connectivity index (χ2n) is 6.80. The molecule has 3 heterocycles. The van der Waals surface area contributed by atoms with E-state index in [1.54, 1.807) is 0 Å². The Balaban J connectivity index is 1.80. The Hall–Kier alpha value is -1.00. The van der Waals surface area contributed by atoms with E-state index < -0.39 is 0 Å². The molecule has 0 aromatic carbocycles. The Morgan fingerprint density at radius 3 is 2.19 bits per heavy atom. The quantitative estimate of drug-likeness (QED) is 0.922. The normalized spacial score (nSPS) is 29.0. The van der Waals surface area contributed by atoms with Crippen molar-refractivity contribution in [3.05, 3.63) is 22.8 Å². The third-order valence-electron chi connectivity index (χ3n) is 5.53. The van der Waals surface area contributed by atoms with Gasteiger partial charge >= 0.3 is 0 Å². The molecule has 0 spiro atoms. The van der Waals surface area contributed by atoms with Gasteiger partial charge in [-0.25, -0.2) is 9.97 Å². The van der Waals surface area contributed by atoms with E-state index in [-0.39, 0.29) is 0 Å². The molecule has 2 fully saturated rings. The minimum absolute atomic E-state index is 0.564. The van der Waals surface area contributed by atoms with Gasteiger partial charge in [0.05, 0.1) is 0 Å². The first-order chi connectivity index (χ1) is 10.1. The van der Waals surface area contributed by atoms with Crippen LogP contribution in [-0.4, -0.2) is 47.6 Å². The molecular formula is C17H28N4. The summed E-state index contributed by atoms with van der Waals surface area (Å²) in [6.07, 6.45) is 6.21. The fraction of sp³-hybridized carbons (Fsp3) is 0.765. The van der Waals surface area contributed by atoms with Crippen molar-refractivity contribution >= 4 is 0 Å². The monoisotopic (exact) mass is 288 g/mol. The van der Waals surface area contributed by atoms with Crippen LogP contribution in [0, 0.1) is 13.8 Å². The Morgan fingerprint density at radius 2 is 1.67 bits per heavy atom. The lowest BCUT2D eigenvalue weighted by Crippen LogP contribution is -2.39. The number of aromatic nitrogens is 2. The van der Waals surface area contributed by atoms with E-state index in [1.807, 2.05) is 7.05 Å². The summed E-state index contributed by atoms with van der Waals surface area (Å²) >= 11 is 0. The van der Waals surface area contributed by atoms with E-state index in [2.05, 4.69) is 31.1 Å². The largest absolute Gasteiger partial charge is 0.319 e. The zero-order valence-electron chi connectivity index (χ0n) is 13.8. The summed E-state index contributed by atoms with van der Waals surface area (Å²) in [5.74, 6) is 1.66. The predicted octanol–water partition coefficient (Wildman–Crippen LogP) is 2.20. The molecule has 2 unspecified atom stereocenters. The summed E-state index contributed by atoms with van der Waals surface area (Å²) in [5, 5.41) is 3.21. The molecule has 116 valence electrons. The first kappa shape index (κ1) is 14.9. The van der Waals surface area contributed by atoms with E-state index >= 15 is 0 Å². The van der Waals surface area contributed by atoms with E-state index in [0.29, 0.717) is 5.92 Å². The topological polar surface area (TPSA) is 41.1 Å². The number of hydrogen-bond acceptors (Lipinski definition) is 4. The van der Waals surface area contributed by atoms with Crippen molar-refractivity contribution in [2.24, 2.45) is 0 Å². The number of aryl methyl sites for hydroxylation is 2. The molecule has 2 aliphatic heterocycles. The van der Waals surface area contributed by atoms with Gasteiger partial charge in [0.15, 0.2) is 0 Å². The van der Waals surface area contributed by atoms with Crippen molar-refractivity contribution in [1.82, 2.24) is 20.2 Å². The van der Waals surface area contributed by atoms with Gasteiger partial charge in [0, 0.05) is 29.4 Å².